The van der Waals surface area contributed by atoms with Crippen molar-refractivity contribution in [2.45, 2.75) is 20.4 Å². The van der Waals surface area contributed by atoms with Crippen molar-refractivity contribution in [1.29, 1.82) is 0 Å². The predicted octanol–water partition coefficient (Wildman–Crippen LogP) is 4.52. The maximum atomic E-state index is 6.07. The lowest BCUT2D eigenvalue weighted by Crippen LogP contribution is -2.02. The van der Waals surface area contributed by atoms with Crippen LogP contribution in [0.2, 0.25) is 5.02 Å². The SMILES string of the molecule is COc1ccc(Cl)cc1-c1noc(-c2ccc(Cn3nc(C)cc3C)o2)n1. The Morgan fingerprint density at radius 3 is 2.74 bits per heavy atom. The quantitative estimate of drug-likeness (QED) is 0.503. The Morgan fingerprint density at radius 1 is 1.15 bits per heavy atom. The second-order valence-corrected chi connectivity index (χ2v) is 6.55. The topological polar surface area (TPSA) is 79.1 Å². The van der Waals surface area contributed by atoms with Crippen LogP contribution in [0.3, 0.4) is 0 Å². The van der Waals surface area contributed by atoms with E-state index in [9.17, 15) is 0 Å². The molecule has 0 N–H and O–H groups in total. The van der Waals surface area contributed by atoms with E-state index in [0.717, 1.165) is 17.1 Å². The van der Waals surface area contributed by atoms with Gasteiger partial charge in [-0.1, -0.05) is 16.8 Å². The molecule has 27 heavy (non-hydrogen) atoms. The number of hydrogen-bond donors (Lipinski definition) is 0. The van der Waals surface area contributed by atoms with Gasteiger partial charge in [0.25, 0.3) is 5.89 Å². The average molecular weight is 385 g/mol. The molecule has 0 atom stereocenters. The number of methoxy groups -OCH3 is 1. The minimum Gasteiger partial charge on any atom is -0.496 e. The van der Waals surface area contributed by atoms with Gasteiger partial charge >= 0.3 is 0 Å². The summed E-state index contributed by atoms with van der Waals surface area (Å²) in [5.74, 6) is 2.51. The van der Waals surface area contributed by atoms with Gasteiger partial charge in [-0.05, 0) is 50.2 Å². The van der Waals surface area contributed by atoms with E-state index < -0.39 is 0 Å². The van der Waals surface area contributed by atoms with Crippen molar-refractivity contribution in [2.24, 2.45) is 0 Å². The monoisotopic (exact) mass is 384 g/mol. The third kappa shape index (κ3) is 3.46. The molecule has 0 bridgehead atoms. The van der Waals surface area contributed by atoms with Gasteiger partial charge in [0.15, 0.2) is 5.76 Å². The van der Waals surface area contributed by atoms with Crippen LogP contribution in [0.5, 0.6) is 5.75 Å². The van der Waals surface area contributed by atoms with Crippen molar-refractivity contribution in [2.75, 3.05) is 7.11 Å². The summed E-state index contributed by atoms with van der Waals surface area (Å²) < 4.78 is 18.4. The molecular formula is C19H17ClN4O3. The molecule has 4 aromatic rings. The van der Waals surface area contributed by atoms with E-state index in [4.69, 9.17) is 25.3 Å². The molecule has 0 aliphatic rings. The molecule has 0 fully saturated rings. The molecule has 0 amide bonds. The molecule has 0 aliphatic carbocycles. The molecule has 3 aromatic heterocycles. The molecule has 0 saturated carbocycles. The number of nitrogens with zero attached hydrogens (tertiary/aromatic N) is 4. The minimum absolute atomic E-state index is 0.284. The smallest absolute Gasteiger partial charge is 0.293 e. The zero-order chi connectivity index (χ0) is 19.0. The number of halogens is 1. The van der Waals surface area contributed by atoms with Crippen LogP contribution in [0.15, 0.2) is 45.3 Å². The van der Waals surface area contributed by atoms with Gasteiger partial charge in [0.2, 0.25) is 5.82 Å². The standard InChI is InChI=1S/C19H17ClN4O3/c1-11-8-12(2)24(22-11)10-14-5-7-17(26-14)19-21-18(23-27-19)15-9-13(20)4-6-16(15)25-3/h4-9H,10H2,1-3H3. The number of benzene rings is 1. The van der Waals surface area contributed by atoms with E-state index in [2.05, 4.69) is 15.2 Å². The molecule has 0 spiro atoms. The molecular weight excluding hydrogens is 368 g/mol. The zero-order valence-electron chi connectivity index (χ0n) is 15.1. The number of hydrogen-bond acceptors (Lipinski definition) is 6. The van der Waals surface area contributed by atoms with Gasteiger partial charge in [0.1, 0.15) is 11.5 Å². The Hall–Kier alpha value is -3.06. The first-order valence-electron chi connectivity index (χ1n) is 8.31. The zero-order valence-corrected chi connectivity index (χ0v) is 15.8. The van der Waals surface area contributed by atoms with Crippen molar-refractivity contribution < 1.29 is 13.7 Å². The highest BCUT2D eigenvalue weighted by atomic mass is 35.5. The summed E-state index contributed by atoms with van der Waals surface area (Å²) in [6.07, 6.45) is 0. The normalized spacial score (nSPS) is 11.1. The van der Waals surface area contributed by atoms with E-state index in [1.165, 1.54) is 0 Å². The van der Waals surface area contributed by atoms with Crippen LogP contribution in [0, 0.1) is 13.8 Å². The fraction of sp³-hybridized carbons (Fsp3) is 0.211. The fourth-order valence-electron chi connectivity index (χ4n) is 2.85. The maximum Gasteiger partial charge on any atom is 0.293 e. The van der Waals surface area contributed by atoms with Gasteiger partial charge in [0, 0.05) is 10.7 Å². The number of aromatic nitrogens is 4. The lowest BCUT2D eigenvalue weighted by atomic mass is 10.2. The summed E-state index contributed by atoms with van der Waals surface area (Å²) in [6.45, 7) is 4.50. The predicted molar refractivity (Wildman–Crippen MR) is 99.8 cm³/mol. The van der Waals surface area contributed by atoms with Crippen LogP contribution in [0.1, 0.15) is 17.1 Å². The van der Waals surface area contributed by atoms with Gasteiger partial charge in [-0.25, -0.2) is 0 Å². The minimum atomic E-state index is 0.284. The first-order valence-corrected chi connectivity index (χ1v) is 8.69. The lowest BCUT2D eigenvalue weighted by Gasteiger charge is -2.04. The van der Waals surface area contributed by atoms with E-state index in [1.807, 2.05) is 30.7 Å². The first kappa shape index (κ1) is 17.4. The summed E-state index contributed by atoms with van der Waals surface area (Å²) in [6, 6.07) is 10.9. The lowest BCUT2D eigenvalue weighted by molar-refractivity contribution is 0.405. The first-order chi connectivity index (χ1) is 13.0. The summed E-state index contributed by atoms with van der Waals surface area (Å²) in [7, 11) is 1.57. The van der Waals surface area contributed by atoms with E-state index in [0.29, 0.717) is 34.5 Å². The highest BCUT2D eigenvalue weighted by Gasteiger charge is 2.17. The number of furan rings is 1. The third-order valence-electron chi connectivity index (χ3n) is 4.11. The fourth-order valence-corrected chi connectivity index (χ4v) is 3.02. The highest BCUT2D eigenvalue weighted by molar-refractivity contribution is 6.30. The van der Waals surface area contributed by atoms with Crippen molar-refractivity contribution in [1.82, 2.24) is 19.9 Å². The van der Waals surface area contributed by atoms with Gasteiger partial charge in [0.05, 0.1) is 24.9 Å². The van der Waals surface area contributed by atoms with Crippen molar-refractivity contribution >= 4 is 11.6 Å². The Labute approximate surface area is 160 Å². The summed E-state index contributed by atoms with van der Waals surface area (Å²) in [5.41, 5.74) is 2.68. The van der Waals surface area contributed by atoms with Crippen molar-refractivity contribution in [3.63, 3.8) is 0 Å². The highest BCUT2D eigenvalue weighted by Crippen LogP contribution is 2.32. The Kier molecular flexibility index (Phi) is 4.45. The van der Waals surface area contributed by atoms with Gasteiger partial charge < -0.3 is 13.7 Å². The van der Waals surface area contributed by atoms with E-state index >= 15 is 0 Å². The van der Waals surface area contributed by atoms with Crippen molar-refractivity contribution in [3.05, 3.63) is 58.6 Å². The van der Waals surface area contributed by atoms with Crippen molar-refractivity contribution in [3.8, 4) is 28.8 Å². The largest absolute Gasteiger partial charge is 0.496 e. The van der Waals surface area contributed by atoms with Crippen LogP contribution < -0.4 is 4.74 Å². The molecule has 4 rings (SSSR count). The number of aryl methyl sites for hydroxylation is 2. The molecule has 7 nitrogen and oxygen atoms in total. The molecule has 0 saturated heterocycles. The van der Waals surface area contributed by atoms with Crippen LogP contribution in [-0.4, -0.2) is 27.0 Å². The Bertz CT molecular complexity index is 1100. The number of rotatable bonds is 5. The molecule has 138 valence electrons. The Balaban J connectivity index is 1.60. The second kappa shape index (κ2) is 6.92. The van der Waals surface area contributed by atoms with Crippen LogP contribution in [0.25, 0.3) is 23.0 Å². The molecule has 0 radical (unpaired) electrons. The van der Waals surface area contributed by atoms with Gasteiger partial charge in [-0.15, -0.1) is 0 Å². The third-order valence-corrected chi connectivity index (χ3v) is 4.34. The maximum absolute atomic E-state index is 6.07. The van der Waals surface area contributed by atoms with Crippen LogP contribution >= 0.6 is 11.6 Å². The molecule has 0 aliphatic heterocycles. The number of ether oxygens (including phenoxy) is 1. The summed E-state index contributed by atoms with van der Waals surface area (Å²) in [5, 5.41) is 9.02. The van der Waals surface area contributed by atoms with Gasteiger partial charge in [-0.3, -0.25) is 4.68 Å². The second-order valence-electron chi connectivity index (χ2n) is 6.12. The van der Waals surface area contributed by atoms with Gasteiger partial charge in [-0.2, -0.15) is 10.1 Å². The molecule has 8 heteroatoms. The molecule has 0 unspecified atom stereocenters. The van der Waals surface area contributed by atoms with Crippen LogP contribution in [0.4, 0.5) is 0 Å². The molecule has 1 aromatic carbocycles. The Morgan fingerprint density at radius 2 is 2.00 bits per heavy atom. The summed E-state index contributed by atoms with van der Waals surface area (Å²) in [4.78, 5) is 4.41. The van der Waals surface area contributed by atoms with Crippen LogP contribution in [-0.2, 0) is 6.54 Å². The molecule has 3 heterocycles. The van der Waals surface area contributed by atoms with E-state index in [1.54, 1.807) is 31.4 Å². The van der Waals surface area contributed by atoms with E-state index in [-0.39, 0.29) is 5.89 Å². The average Bonchev–Trinajstić information content (AvgIpc) is 3.36. The summed E-state index contributed by atoms with van der Waals surface area (Å²) >= 11 is 6.07.